The average Bonchev–Trinajstić information content (AvgIpc) is 3.39. The van der Waals surface area contributed by atoms with Crippen LogP contribution in [0.3, 0.4) is 0 Å². The number of rotatable bonds is 3. The van der Waals surface area contributed by atoms with Crippen LogP contribution in [0.15, 0.2) is 85.2 Å². The summed E-state index contributed by atoms with van der Waals surface area (Å²) >= 11 is 0. The van der Waals surface area contributed by atoms with Gasteiger partial charge in [0.25, 0.3) is 0 Å². The van der Waals surface area contributed by atoms with Crippen molar-refractivity contribution in [2.75, 3.05) is 6.61 Å². The summed E-state index contributed by atoms with van der Waals surface area (Å²) in [5.41, 5.74) is 4.74. The number of amides is 1. The zero-order valence-electron chi connectivity index (χ0n) is 20.0. The van der Waals surface area contributed by atoms with Gasteiger partial charge in [-0.15, -0.1) is 0 Å². The predicted molar refractivity (Wildman–Crippen MR) is 139 cm³/mol. The molecular weight excluding hydrogens is 448 g/mol. The number of aromatic nitrogens is 1. The molecule has 0 saturated carbocycles. The topological polar surface area (TPSA) is 62.7 Å². The van der Waals surface area contributed by atoms with Gasteiger partial charge in [-0.2, -0.15) is 0 Å². The van der Waals surface area contributed by atoms with Crippen LogP contribution in [0, 0.1) is 0 Å². The number of hydrogen-bond donors (Lipinski definition) is 1. The molecule has 2 bridgehead atoms. The molecule has 7 rings (SSSR count). The average molecular weight is 477 g/mol. The van der Waals surface area contributed by atoms with Crippen LogP contribution in [0.1, 0.15) is 48.3 Å². The number of carbonyl (C=O) groups excluding carboxylic acids is 1. The number of piperidine rings is 1. The highest BCUT2D eigenvalue weighted by Gasteiger charge is 2.51. The fraction of sp³-hybridized carbons (Fsp3) is 0.290. The van der Waals surface area contributed by atoms with E-state index in [4.69, 9.17) is 4.74 Å². The van der Waals surface area contributed by atoms with E-state index >= 15 is 0 Å². The van der Waals surface area contributed by atoms with Crippen molar-refractivity contribution in [3.8, 4) is 11.1 Å². The normalized spacial score (nSPS) is 24.5. The Morgan fingerprint density at radius 2 is 1.50 bits per heavy atom. The number of aliphatic hydroxyl groups is 1. The van der Waals surface area contributed by atoms with Gasteiger partial charge in [0.15, 0.2) is 0 Å². The molecule has 0 radical (unpaired) electrons. The van der Waals surface area contributed by atoms with Crippen molar-refractivity contribution >= 4 is 16.9 Å². The molecule has 3 aromatic carbocycles. The highest BCUT2D eigenvalue weighted by atomic mass is 16.6. The Morgan fingerprint density at radius 3 is 2.19 bits per heavy atom. The van der Waals surface area contributed by atoms with Gasteiger partial charge in [0.05, 0.1) is 5.60 Å². The summed E-state index contributed by atoms with van der Waals surface area (Å²) in [6, 6.07) is 24.7. The number of nitrogens with zero attached hydrogens (tertiary/aromatic N) is 2. The highest BCUT2D eigenvalue weighted by molar-refractivity contribution is 5.85. The monoisotopic (exact) mass is 476 g/mol. The van der Waals surface area contributed by atoms with Crippen molar-refractivity contribution < 1.29 is 14.6 Å². The quantitative estimate of drug-likeness (QED) is 0.394. The minimum Gasteiger partial charge on any atom is -0.448 e. The zero-order chi connectivity index (χ0) is 24.3. The van der Waals surface area contributed by atoms with Crippen LogP contribution in [-0.4, -0.2) is 39.8 Å². The summed E-state index contributed by atoms with van der Waals surface area (Å²) in [7, 11) is 0. The van der Waals surface area contributed by atoms with Crippen molar-refractivity contribution in [3.63, 3.8) is 0 Å². The molecule has 1 amide bonds. The van der Waals surface area contributed by atoms with Crippen LogP contribution in [0.5, 0.6) is 0 Å². The number of hydrogen-bond acceptors (Lipinski definition) is 4. The lowest BCUT2D eigenvalue weighted by atomic mass is 9.79. The summed E-state index contributed by atoms with van der Waals surface area (Å²) in [4.78, 5) is 19.7. The maximum absolute atomic E-state index is 13.4. The van der Waals surface area contributed by atoms with Gasteiger partial charge in [-0.1, -0.05) is 72.8 Å². The van der Waals surface area contributed by atoms with Crippen LogP contribution in [0.25, 0.3) is 21.9 Å². The second kappa shape index (κ2) is 8.17. The maximum atomic E-state index is 13.4. The molecule has 2 fully saturated rings. The number of pyridine rings is 1. The Morgan fingerprint density at radius 1 is 0.889 bits per heavy atom. The summed E-state index contributed by atoms with van der Waals surface area (Å²) in [5.74, 6) is 0.0440. The second-order valence-corrected chi connectivity index (χ2v) is 10.4. The van der Waals surface area contributed by atoms with Gasteiger partial charge in [0, 0.05) is 54.2 Å². The Labute approximate surface area is 210 Å². The molecule has 180 valence electrons. The fourth-order valence-electron chi connectivity index (χ4n) is 6.90. The molecule has 2 aliphatic heterocycles. The number of benzene rings is 3. The first kappa shape index (κ1) is 21.6. The van der Waals surface area contributed by atoms with E-state index in [0.717, 1.165) is 29.2 Å². The van der Waals surface area contributed by atoms with E-state index in [2.05, 4.69) is 41.4 Å². The predicted octanol–water partition coefficient (Wildman–Crippen LogP) is 6.00. The molecule has 3 heterocycles. The third kappa shape index (κ3) is 3.26. The molecule has 2 atom stereocenters. The van der Waals surface area contributed by atoms with E-state index in [-0.39, 0.29) is 24.1 Å². The first-order valence-corrected chi connectivity index (χ1v) is 12.8. The van der Waals surface area contributed by atoms with Gasteiger partial charge >= 0.3 is 6.09 Å². The molecule has 36 heavy (non-hydrogen) atoms. The molecular formula is C31H28N2O3. The molecule has 3 aliphatic rings. The third-order valence-corrected chi connectivity index (χ3v) is 8.48. The molecule has 1 aromatic heterocycles. The molecule has 2 saturated heterocycles. The molecule has 5 nitrogen and oxygen atoms in total. The standard InChI is InChI=1S/C31H28N2O3/c34-30(36-19-28-26-11-5-3-9-24(26)25-10-4-6-12-27(25)28)33-21-13-14-22(33)16-31(35,15-21)29-18-32-17-20-7-1-2-8-23(20)29/h1-12,17-18,21-22,28,35H,13-16,19H2. The first-order chi connectivity index (χ1) is 17.6. The Balaban J connectivity index is 1.11. The summed E-state index contributed by atoms with van der Waals surface area (Å²) in [5, 5.41) is 13.9. The van der Waals surface area contributed by atoms with Crippen LogP contribution in [0.4, 0.5) is 4.79 Å². The number of carbonyl (C=O) groups is 1. The summed E-state index contributed by atoms with van der Waals surface area (Å²) < 4.78 is 6.00. The van der Waals surface area contributed by atoms with Gasteiger partial charge in [-0.25, -0.2) is 4.79 Å². The van der Waals surface area contributed by atoms with E-state index in [1.165, 1.54) is 22.3 Å². The van der Waals surface area contributed by atoms with Crippen molar-refractivity contribution in [3.05, 3.63) is 102 Å². The minimum absolute atomic E-state index is 0.0385. The van der Waals surface area contributed by atoms with E-state index in [9.17, 15) is 9.90 Å². The van der Waals surface area contributed by atoms with Crippen LogP contribution in [-0.2, 0) is 10.3 Å². The Bertz CT molecular complexity index is 1420. The SMILES string of the molecule is O=C(OCC1c2ccccc2-c2ccccc21)N1C2CCC1CC(O)(c1cncc3ccccc13)C2. The molecule has 1 aliphatic carbocycles. The zero-order valence-corrected chi connectivity index (χ0v) is 20.0. The first-order valence-electron chi connectivity index (χ1n) is 12.8. The van der Waals surface area contributed by atoms with Gasteiger partial charge in [0.2, 0.25) is 0 Å². The van der Waals surface area contributed by atoms with Gasteiger partial charge < -0.3 is 14.7 Å². The van der Waals surface area contributed by atoms with Crippen molar-refractivity contribution in [2.45, 2.75) is 49.3 Å². The summed E-state index contributed by atoms with van der Waals surface area (Å²) in [6.07, 6.45) is 6.15. The minimum atomic E-state index is -1.00. The number of fused-ring (bicyclic) bond motifs is 6. The van der Waals surface area contributed by atoms with Gasteiger partial charge in [-0.3, -0.25) is 4.98 Å². The molecule has 1 N–H and O–H groups in total. The van der Waals surface area contributed by atoms with E-state index in [0.29, 0.717) is 19.4 Å². The lowest BCUT2D eigenvalue weighted by molar-refractivity contribution is -0.0523. The lowest BCUT2D eigenvalue weighted by Crippen LogP contribution is -2.52. The van der Waals surface area contributed by atoms with Gasteiger partial charge in [-0.05, 0) is 40.5 Å². The molecule has 2 unspecified atom stereocenters. The molecule has 5 heteroatoms. The Hall–Kier alpha value is -3.70. The van der Waals surface area contributed by atoms with Crippen LogP contribution >= 0.6 is 0 Å². The van der Waals surface area contributed by atoms with E-state index in [1.807, 2.05) is 47.5 Å². The highest BCUT2D eigenvalue weighted by Crippen LogP contribution is 2.48. The second-order valence-electron chi connectivity index (χ2n) is 10.4. The van der Waals surface area contributed by atoms with Crippen LogP contribution < -0.4 is 0 Å². The van der Waals surface area contributed by atoms with Crippen molar-refractivity contribution in [2.24, 2.45) is 0 Å². The third-order valence-electron chi connectivity index (χ3n) is 8.48. The molecule has 0 spiro atoms. The lowest BCUT2D eigenvalue weighted by Gasteiger charge is -2.43. The van der Waals surface area contributed by atoms with Crippen LogP contribution in [0.2, 0.25) is 0 Å². The maximum Gasteiger partial charge on any atom is 0.410 e. The van der Waals surface area contributed by atoms with E-state index < -0.39 is 5.60 Å². The van der Waals surface area contributed by atoms with E-state index in [1.54, 1.807) is 6.20 Å². The van der Waals surface area contributed by atoms with Gasteiger partial charge in [0.1, 0.15) is 6.61 Å². The fourth-order valence-corrected chi connectivity index (χ4v) is 6.90. The largest absolute Gasteiger partial charge is 0.448 e. The molecule has 4 aromatic rings. The number of ether oxygens (including phenoxy) is 1. The van der Waals surface area contributed by atoms with Crippen molar-refractivity contribution in [1.82, 2.24) is 9.88 Å². The van der Waals surface area contributed by atoms with Crippen molar-refractivity contribution in [1.29, 1.82) is 0 Å². The smallest absolute Gasteiger partial charge is 0.410 e. The summed E-state index contributed by atoms with van der Waals surface area (Å²) in [6.45, 7) is 0.320. The Kier molecular flexibility index (Phi) is 4.90.